The Morgan fingerprint density at radius 2 is 1.58 bits per heavy atom. The van der Waals surface area contributed by atoms with E-state index < -0.39 is 12.0 Å². The molecule has 5 rings (SSSR count). The minimum absolute atomic E-state index is 0.663. The molecule has 0 spiro atoms. The number of benzene rings is 3. The second-order valence-electron chi connectivity index (χ2n) is 8.29. The summed E-state index contributed by atoms with van der Waals surface area (Å²) in [6.07, 6.45) is 0. The Morgan fingerprint density at radius 1 is 0.909 bits per heavy atom. The van der Waals surface area contributed by atoms with Crippen LogP contribution in [0.3, 0.4) is 0 Å². The van der Waals surface area contributed by atoms with Crippen molar-refractivity contribution < 1.29 is 14.6 Å². The summed E-state index contributed by atoms with van der Waals surface area (Å²) in [6, 6.07) is 25.2. The van der Waals surface area contributed by atoms with Gasteiger partial charge in [0.2, 0.25) is 0 Å². The molecular weight excluding hydrogens is 414 g/mol. The van der Waals surface area contributed by atoms with Crippen LogP contribution < -0.4 is 9.64 Å². The summed E-state index contributed by atoms with van der Waals surface area (Å²) in [7, 11) is 1.66. The molecule has 33 heavy (non-hydrogen) atoms. The lowest BCUT2D eigenvalue weighted by atomic mass is 9.97. The van der Waals surface area contributed by atoms with Crippen LogP contribution in [0.4, 0.5) is 5.69 Å². The number of carboxylic acid groups (broad SMARTS) is 1. The van der Waals surface area contributed by atoms with E-state index >= 15 is 0 Å². The largest absolute Gasteiger partial charge is 0.497 e. The van der Waals surface area contributed by atoms with Crippen molar-refractivity contribution in [3.05, 3.63) is 84.4 Å². The zero-order chi connectivity index (χ0) is 22.8. The van der Waals surface area contributed by atoms with Gasteiger partial charge in [-0.3, -0.25) is 9.69 Å². The first kappa shape index (κ1) is 21.1. The van der Waals surface area contributed by atoms with Crippen molar-refractivity contribution >= 4 is 22.6 Å². The van der Waals surface area contributed by atoms with Crippen molar-refractivity contribution in [3.8, 4) is 17.0 Å². The summed E-state index contributed by atoms with van der Waals surface area (Å²) in [5, 5.41) is 11.3. The fraction of sp³-hybridized carbons (Fsp3) is 0.222. The number of para-hydroxylation sites is 1. The van der Waals surface area contributed by atoms with Crippen LogP contribution in [-0.4, -0.2) is 54.2 Å². The lowest BCUT2D eigenvalue weighted by Crippen LogP contribution is -2.49. The number of methoxy groups -OCH3 is 1. The lowest BCUT2D eigenvalue weighted by molar-refractivity contribution is -0.143. The van der Waals surface area contributed by atoms with Gasteiger partial charge < -0.3 is 19.7 Å². The van der Waals surface area contributed by atoms with Gasteiger partial charge in [0.05, 0.1) is 12.8 Å². The van der Waals surface area contributed by atoms with Crippen molar-refractivity contribution in [3.63, 3.8) is 0 Å². The fourth-order valence-electron chi connectivity index (χ4n) is 4.77. The van der Waals surface area contributed by atoms with Gasteiger partial charge in [0.25, 0.3) is 0 Å². The third-order valence-corrected chi connectivity index (χ3v) is 6.43. The van der Waals surface area contributed by atoms with Crippen LogP contribution in [0.1, 0.15) is 11.6 Å². The van der Waals surface area contributed by atoms with E-state index in [0.717, 1.165) is 52.3 Å². The third kappa shape index (κ3) is 4.05. The summed E-state index contributed by atoms with van der Waals surface area (Å²) in [5.74, 6) is 0.00550. The molecule has 1 fully saturated rings. The SMILES string of the molecule is COc1ccc(N2CCN([C@@H](C(=O)O)c3c(-c4ccccc4)[nH]c4ccccc34)CC2)cc1. The molecule has 0 radical (unpaired) electrons. The van der Waals surface area contributed by atoms with E-state index in [2.05, 4.69) is 26.9 Å². The summed E-state index contributed by atoms with van der Waals surface area (Å²) in [4.78, 5) is 20.5. The first-order chi connectivity index (χ1) is 16.2. The molecule has 0 saturated carbocycles. The molecule has 1 aromatic heterocycles. The van der Waals surface area contributed by atoms with Gasteiger partial charge in [0.15, 0.2) is 0 Å². The van der Waals surface area contributed by atoms with Crippen LogP contribution in [-0.2, 0) is 4.79 Å². The van der Waals surface area contributed by atoms with Gasteiger partial charge in [-0.05, 0) is 35.9 Å². The Labute approximate surface area is 193 Å². The number of aliphatic carboxylic acids is 1. The standard InChI is InChI=1S/C27H27N3O3/c1-33-21-13-11-20(12-14-21)29-15-17-30(18-16-29)26(27(31)32)24-22-9-5-6-10-23(22)28-25(24)19-7-3-2-4-8-19/h2-14,26,28H,15-18H2,1H3,(H,31,32)/t26-/m1/s1. The number of carbonyl (C=O) groups is 1. The number of nitrogens with one attached hydrogen (secondary N) is 1. The van der Waals surface area contributed by atoms with E-state index in [0.29, 0.717) is 13.1 Å². The Morgan fingerprint density at radius 3 is 2.24 bits per heavy atom. The van der Waals surface area contributed by atoms with Crippen molar-refractivity contribution in [1.82, 2.24) is 9.88 Å². The normalized spacial score (nSPS) is 15.5. The molecular formula is C27H27N3O3. The molecule has 1 aliphatic heterocycles. The molecule has 1 aliphatic rings. The van der Waals surface area contributed by atoms with E-state index in [-0.39, 0.29) is 0 Å². The maximum atomic E-state index is 12.7. The molecule has 3 aromatic carbocycles. The molecule has 0 unspecified atom stereocenters. The average Bonchev–Trinajstić information content (AvgIpc) is 3.24. The Bertz CT molecular complexity index is 1240. The Hall–Kier alpha value is -3.77. The highest BCUT2D eigenvalue weighted by atomic mass is 16.5. The quantitative estimate of drug-likeness (QED) is 0.450. The number of aromatic nitrogens is 1. The number of piperazine rings is 1. The smallest absolute Gasteiger partial charge is 0.325 e. The fourth-order valence-corrected chi connectivity index (χ4v) is 4.77. The number of carboxylic acids is 1. The minimum Gasteiger partial charge on any atom is -0.497 e. The summed E-state index contributed by atoms with van der Waals surface area (Å²) < 4.78 is 5.26. The number of nitrogens with zero attached hydrogens (tertiary/aromatic N) is 2. The van der Waals surface area contributed by atoms with Crippen LogP contribution in [0.25, 0.3) is 22.2 Å². The van der Waals surface area contributed by atoms with Gasteiger partial charge >= 0.3 is 5.97 Å². The maximum absolute atomic E-state index is 12.7. The lowest BCUT2D eigenvalue weighted by Gasteiger charge is -2.39. The average molecular weight is 442 g/mol. The maximum Gasteiger partial charge on any atom is 0.325 e. The molecule has 1 saturated heterocycles. The first-order valence-corrected chi connectivity index (χ1v) is 11.2. The van der Waals surface area contributed by atoms with Crippen LogP contribution in [0, 0.1) is 0 Å². The zero-order valence-electron chi connectivity index (χ0n) is 18.6. The molecule has 6 heteroatoms. The van der Waals surface area contributed by atoms with Gasteiger partial charge in [-0.25, -0.2) is 0 Å². The number of H-pyrrole nitrogens is 1. The molecule has 0 aliphatic carbocycles. The molecule has 4 aromatic rings. The van der Waals surface area contributed by atoms with Gasteiger partial charge in [0.1, 0.15) is 11.8 Å². The highest BCUT2D eigenvalue weighted by Crippen LogP contribution is 2.38. The van der Waals surface area contributed by atoms with E-state index in [4.69, 9.17) is 4.74 Å². The molecule has 0 amide bonds. The van der Waals surface area contributed by atoms with Crippen LogP contribution >= 0.6 is 0 Å². The van der Waals surface area contributed by atoms with E-state index in [1.54, 1.807) is 7.11 Å². The molecule has 2 heterocycles. The zero-order valence-corrected chi connectivity index (χ0v) is 18.6. The van der Waals surface area contributed by atoms with Gasteiger partial charge in [-0.1, -0.05) is 48.5 Å². The molecule has 2 N–H and O–H groups in total. The Kier molecular flexibility index (Phi) is 5.75. The third-order valence-electron chi connectivity index (χ3n) is 6.43. The number of hydrogen-bond donors (Lipinski definition) is 2. The summed E-state index contributed by atoms with van der Waals surface area (Å²) in [5.41, 5.74) is 4.78. The second kappa shape index (κ2) is 9.00. The Balaban J connectivity index is 1.47. The highest BCUT2D eigenvalue weighted by molar-refractivity contribution is 5.95. The number of ether oxygens (including phenoxy) is 1. The van der Waals surface area contributed by atoms with E-state index in [1.165, 1.54) is 0 Å². The van der Waals surface area contributed by atoms with Crippen molar-refractivity contribution in [2.75, 3.05) is 38.2 Å². The van der Waals surface area contributed by atoms with Crippen molar-refractivity contribution in [1.29, 1.82) is 0 Å². The monoisotopic (exact) mass is 441 g/mol. The number of hydrogen-bond acceptors (Lipinski definition) is 4. The second-order valence-corrected chi connectivity index (χ2v) is 8.29. The number of fused-ring (bicyclic) bond motifs is 1. The summed E-state index contributed by atoms with van der Waals surface area (Å²) in [6.45, 7) is 2.85. The molecule has 168 valence electrons. The van der Waals surface area contributed by atoms with Crippen LogP contribution in [0.5, 0.6) is 5.75 Å². The van der Waals surface area contributed by atoms with Crippen molar-refractivity contribution in [2.24, 2.45) is 0 Å². The molecule has 6 nitrogen and oxygen atoms in total. The highest BCUT2D eigenvalue weighted by Gasteiger charge is 2.34. The predicted molar refractivity (Wildman–Crippen MR) is 131 cm³/mol. The van der Waals surface area contributed by atoms with Crippen LogP contribution in [0.15, 0.2) is 78.9 Å². The molecule has 0 bridgehead atoms. The topological polar surface area (TPSA) is 68.8 Å². The van der Waals surface area contributed by atoms with Gasteiger partial charge in [0, 0.05) is 48.3 Å². The minimum atomic E-state index is -0.824. The van der Waals surface area contributed by atoms with Crippen LogP contribution in [0.2, 0.25) is 0 Å². The van der Waals surface area contributed by atoms with Gasteiger partial charge in [-0.2, -0.15) is 0 Å². The first-order valence-electron chi connectivity index (χ1n) is 11.2. The summed E-state index contributed by atoms with van der Waals surface area (Å²) >= 11 is 0. The van der Waals surface area contributed by atoms with Crippen molar-refractivity contribution in [2.45, 2.75) is 6.04 Å². The predicted octanol–water partition coefficient (Wildman–Crippen LogP) is 4.79. The number of rotatable bonds is 6. The number of aromatic amines is 1. The van der Waals surface area contributed by atoms with E-state index in [9.17, 15) is 9.90 Å². The molecule has 1 atom stereocenters. The number of anilines is 1. The van der Waals surface area contributed by atoms with Gasteiger partial charge in [-0.15, -0.1) is 0 Å². The van der Waals surface area contributed by atoms with E-state index in [1.807, 2.05) is 66.7 Å².